The van der Waals surface area contributed by atoms with E-state index in [4.69, 9.17) is 0 Å². The summed E-state index contributed by atoms with van der Waals surface area (Å²) < 4.78 is 0. The van der Waals surface area contributed by atoms with Gasteiger partial charge in [-0.15, -0.1) is 0 Å². The number of nitrogens with zero attached hydrogens (tertiary/aromatic N) is 1. The average molecular weight is 205 g/mol. The maximum absolute atomic E-state index is 4.10. The minimum absolute atomic E-state index is 0.801. The Labute approximate surface area is 91.3 Å². The van der Waals surface area contributed by atoms with E-state index in [1.165, 1.54) is 31.5 Å². The van der Waals surface area contributed by atoms with E-state index >= 15 is 0 Å². The van der Waals surface area contributed by atoms with E-state index in [1.54, 1.807) is 0 Å². The Bertz CT molecular complexity index is 267. The molecule has 1 aromatic heterocycles. The zero-order valence-corrected chi connectivity index (χ0v) is 9.08. The van der Waals surface area contributed by atoms with Crippen LogP contribution in [0.4, 0.5) is 0 Å². The third kappa shape index (κ3) is 3.61. The topological polar surface area (TPSA) is 37.0 Å². The fraction of sp³-hybridized carbons (Fsp3) is 0.583. The molecule has 0 radical (unpaired) electrons. The molecular weight excluding hydrogens is 186 g/mol. The van der Waals surface area contributed by atoms with Gasteiger partial charge in [0.15, 0.2) is 0 Å². The molecule has 2 N–H and O–H groups in total. The van der Waals surface area contributed by atoms with Crippen LogP contribution in [0.15, 0.2) is 24.5 Å². The molecule has 0 saturated carbocycles. The third-order valence-corrected chi connectivity index (χ3v) is 2.88. The van der Waals surface area contributed by atoms with Crippen molar-refractivity contribution < 1.29 is 0 Å². The fourth-order valence-electron chi connectivity index (χ4n) is 2.02. The van der Waals surface area contributed by atoms with E-state index in [0.29, 0.717) is 0 Å². The first-order valence-electron chi connectivity index (χ1n) is 5.75. The van der Waals surface area contributed by atoms with E-state index in [-0.39, 0.29) is 0 Å². The monoisotopic (exact) mass is 205 g/mol. The Kier molecular flexibility index (Phi) is 4.11. The van der Waals surface area contributed by atoms with Crippen molar-refractivity contribution in [1.82, 2.24) is 15.6 Å². The van der Waals surface area contributed by atoms with Crippen LogP contribution in [0.25, 0.3) is 0 Å². The molecule has 3 nitrogen and oxygen atoms in total. The first-order valence-corrected chi connectivity index (χ1v) is 5.75. The van der Waals surface area contributed by atoms with Gasteiger partial charge < -0.3 is 10.6 Å². The van der Waals surface area contributed by atoms with Gasteiger partial charge in [-0.3, -0.25) is 4.98 Å². The van der Waals surface area contributed by atoms with Crippen LogP contribution >= 0.6 is 0 Å². The number of pyridine rings is 1. The lowest BCUT2D eigenvalue weighted by molar-refractivity contribution is 0.360. The maximum atomic E-state index is 4.10. The minimum atomic E-state index is 0.801. The van der Waals surface area contributed by atoms with Gasteiger partial charge in [0.2, 0.25) is 0 Å². The summed E-state index contributed by atoms with van der Waals surface area (Å²) in [6.45, 7) is 4.41. The van der Waals surface area contributed by atoms with Crippen LogP contribution in [0.2, 0.25) is 0 Å². The summed E-state index contributed by atoms with van der Waals surface area (Å²) in [5, 5.41) is 6.92. The highest BCUT2D eigenvalue weighted by Gasteiger charge is 2.11. The number of rotatable bonds is 4. The molecule has 0 spiro atoms. The van der Waals surface area contributed by atoms with Gasteiger partial charge in [0.1, 0.15) is 0 Å². The van der Waals surface area contributed by atoms with Gasteiger partial charge in [0, 0.05) is 18.9 Å². The lowest BCUT2D eigenvalue weighted by atomic mass is 10.00. The zero-order chi connectivity index (χ0) is 10.3. The van der Waals surface area contributed by atoms with Gasteiger partial charge in [-0.1, -0.05) is 6.07 Å². The van der Waals surface area contributed by atoms with Crippen LogP contribution in [0, 0.1) is 5.92 Å². The van der Waals surface area contributed by atoms with Crippen LogP contribution < -0.4 is 10.6 Å². The second-order valence-electron chi connectivity index (χ2n) is 4.20. The summed E-state index contributed by atoms with van der Waals surface area (Å²) in [7, 11) is 0. The van der Waals surface area contributed by atoms with Crippen LogP contribution in [0.5, 0.6) is 0 Å². The largest absolute Gasteiger partial charge is 0.316 e. The predicted molar refractivity (Wildman–Crippen MR) is 61.5 cm³/mol. The quantitative estimate of drug-likeness (QED) is 0.775. The van der Waals surface area contributed by atoms with Gasteiger partial charge in [0.25, 0.3) is 0 Å². The maximum Gasteiger partial charge on any atom is 0.0312 e. The predicted octanol–water partition coefficient (Wildman–Crippen LogP) is 1.17. The summed E-state index contributed by atoms with van der Waals surface area (Å²) in [4.78, 5) is 4.10. The molecule has 1 aliphatic heterocycles. The molecular formula is C12H19N3. The highest BCUT2D eigenvalue weighted by atomic mass is 14.9. The smallest absolute Gasteiger partial charge is 0.0312 e. The molecule has 1 atom stereocenters. The van der Waals surface area contributed by atoms with Crippen LogP contribution in [0.1, 0.15) is 18.4 Å². The number of hydrogen-bond acceptors (Lipinski definition) is 3. The van der Waals surface area contributed by atoms with Crippen molar-refractivity contribution in [2.75, 3.05) is 19.6 Å². The van der Waals surface area contributed by atoms with Crippen molar-refractivity contribution in [3.8, 4) is 0 Å². The van der Waals surface area contributed by atoms with Gasteiger partial charge in [-0.25, -0.2) is 0 Å². The molecule has 0 bridgehead atoms. The highest BCUT2D eigenvalue weighted by Crippen LogP contribution is 2.08. The number of aromatic nitrogens is 1. The summed E-state index contributed by atoms with van der Waals surface area (Å²) >= 11 is 0. The summed E-state index contributed by atoms with van der Waals surface area (Å²) in [5.74, 6) is 0.801. The van der Waals surface area contributed by atoms with Gasteiger partial charge >= 0.3 is 0 Å². The SMILES string of the molecule is c1cncc(CNC[C@@H]2CCCNC2)c1. The van der Waals surface area contributed by atoms with E-state index < -0.39 is 0 Å². The Hall–Kier alpha value is -0.930. The molecule has 0 aliphatic carbocycles. The molecule has 0 amide bonds. The highest BCUT2D eigenvalue weighted by molar-refractivity contribution is 5.07. The van der Waals surface area contributed by atoms with Crippen molar-refractivity contribution in [1.29, 1.82) is 0 Å². The van der Waals surface area contributed by atoms with Crippen molar-refractivity contribution in [3.63, 3.8) is 0 Å². The molecule has 2 rings (SSSR count). The lowest BCUT2D eigenvalue weighted by Crippen LogP contribution is -2.35. The first kappa shape index (κ1) is 10.6. The average Bonchev–Trinajstić information content (AvgIpc) is 2.32. The molecule has 1 aliphatic rings. The summed E-state index contributed by atoms with van der Waals surface area (Å²) in [6.07, 6.45) is 6.41. The number of hydrogen-bond donors (Lipinski definition) is 2. The summed E-state index contributed by atoms with van der Waals surface area (Å²) in [5.41, 5.74) is 1.27. The molecule has 0 unspecified atom stereocenters. The van der Waals surface area contributed by atoms with Gasteiger partial charge in [-0.05, 0) is 50.0 Å². The number of nitrogens with one attached hydrogen (secondary N) is 2. The van der Waals surface area contributed by atoms with Crippen molar-refractivity contribution >= 4 is 0 Å². The second kappa shape index (κ2) is 5.83. The lowest BCUT2D eigenvalue weighted by Gasteiger charge is -2.22. The second-order valence-corrected chi connectivity index (χ2v) is 4.20. The standard InChI is InChI=1S/C12H19N3/c1-3-11(7-13-5-1)9-15-10-12-4-2-6-14-8-12/h1,3,5,7,12,14-15H,2,4,6,8-10H2/t12-/m1/s1. The molecule has 3 heteroatoms. The van der Waals surface area contributed by atoms with Crippen molar-refractivity contribution in [3.05, 3.63) is 30.1 Å². The van der Waals surface area contributed by atoms with E-state index in [0.717, 1.165) is 19.0 Å². The Morgan fingerprint density at radius 3 is 3.27 bits per heavy atom. The molecule has 0 aromatic carbocycles. The first-order chi connectivity index (χ1) is 7.45. The Balaban J connectivity index is 1.66. The Morgan fingerprint density at radius 2 is 2.53 bits per heavy atom. The Morgan fingerprint density at radius 1 is 1.53 bits per heavy atom. The molecule has 15 heavy (non-hydrogen) atoms. The summed E-state index contributed by atoms with van der Waals surface area (Å²) in [6, 6.07) is 4.10. The van der Waals surface area contributed by atoms with Crippen molar-refractivity contribution in [2.24, 2.45) is 5.92 Å². The zero-order valence-electron chi connectivity index (χ0n) is 9.08. The van der Waals surface area contributed by atoms with E-state index in [2.05, 4.69) is 21.7 Å². The minimum Gasteiger partial charge on any atom is -0.316 e. The molecule has 1 fully saturated rings. The number of piperidine rings is 1. The van der Waals surface area contributed by atoms with Crippen molar-refractivity contribution in [2.45, 2.75) is 19.4 Å². The van der Waals surface area contributed by atoms with Crippen LogP contribution in [-0.2, 0) is 6.54 Å². The third-order valence-electron chi connectivity index (χ3n) is 2.88. The fourth-order valence-corrected chi connectivity index (χ4v) is 2.02. The van der Waals surface area contributed by atoms with Gasteiger partial charge in [-0.2, -0.15) is 0 Å². The molecule has 1 aromatic rings. The van der Waals surface area contributed by atoms with E-state index in [1.807, 2.05) is 18.5 Å². The normalized spacial score (nSPS) is 21.5. The van der Waals surface area contributed by atoms with Crippen LogP contribution in [-0.4, -0.2) is 24.6 Å². The van der Waals surface area contributed by atoms with E-state index in [9.17, 15) is 0 Å². The van der Waals surface area contributed by atoms with Crippen LogP contribution in [0.3, 0.4) is 0 Å². The molecule has 1 saturated heterocycles. The molecule has 82 valence electrons. The van der Waals surface area contributed by atoms with Gasteiger partial charge in [0.05, 0.1) is 0 Å². The molecule has 2 heterocycles.